The standard InChI is InChI=1S/C15H21NO3S/c1-15(2,14(18)19)11-16-13(17)9-6-10-20-12-7-4-3-5-8-12/h3-5,7-8H,6,9-11H2,1-2H3,(H,16,17)(H,18,19). The molecule has 4 nitrogen and oxygen atoms in total. The normalized spacial score (nSPS) is 11.1. The van der Waals surface area contributed by atoms with Gasteiger partial charge in [0.15, 0.2) is 0 Å². The smallest absolute Gasteiger partial charge is 0.310 e. The Kier molecular flexibility index (Phi) is 6.58. The summed E-state index contributed by atoms with van der Waals surface area (Å²) in [6, 6.07) is 10.0. The summed E-state index contributed by atoms with van der Waals surface area (Å²) in [6.07, 6.45) is 1.20. The Morgan fingerprint density at radius 1 is 1.25 bits per heavy atom. The van der Waals surface area contributed by atoms with Crippen LogP contribution >= 0.6 is 11.8 Å². The summed E-state index contributed by atoms with van der Waals surface area (Å²) in [5.74, 6) is -0.120. The van der Waals surface area contributed by atoms with Crippen LogP contribution in [0.3, 0.4) is 0 Å². The number of carboxylic acids is 1. The molecular weight excluding hydrogens is 274 g/mol. The van der Waals surface area contributed by atoms with Crippen molar-refractivity contribution in [2.75, 3.05) is 12.3 Å². The number of hydrogen-bond donors (Lipinski definition) is 2. The van der Waals surface area contributed by atoms with Crippen LogP contribution in [-0.4, -0.2) is 29.3 Å². The van der Waals surface area contributed by atoms with Crippen molar-refractivity contribution in [1.29, 1.82) is 0 Å². The Labute approximate surface area is 124 Å². The first-order valence-corrected chi connectivity index (χ1v) is 7.58. The summed E-state index contributed by atoms with van der Waals surface area (Å²) in [6.45, 7) is 3.36. The van der Waals surface area contributed by atoms with Crippen LogP contribution in [0.5, 0.6) is 0 Å². The second kappa shape index (κ2) is 7.94. The van der Waals surface area contributed by atoms with Crippen molar-refractivity contribution in [2.24, 2.45) is 5.41 Å². The third-order valence-corrected chi connectivity index (χ3v) is 3.96. The quantitative estimate of drug-likeness (QED) is 0.571. The number of carbonyl (C=O) groups is 2. The van der Waals surface area contributed by atoms with Gasteiger partial charge in [0.2, 0.25) is 5.91 Å². The Morgan fingerprint density at radius 3 is 2.50 bits per heavy atom. The van der Waals surface area contributed by atoms with Crippen molar-refractivity contribution < 1.29 is 14.7 Å². The Morgan fingerprint density at radius 2 is 1.90 bits per heavy atom. The maximum Gasteiger partial charge on any atom is 0.310 e. The number of nitrogens with one attached hydrogen (secondary N) is 1. The van der Waals surface area contributed by atoms with Crippen LogP contribution in [0.1, 0.15) is 26.7 Å². The van der Waals surface area contributed by atoms with E-state index < -0.39 is 11.4 Å². The van der Waals surface area contributed by atoms with Gasteiger partial charge in [-0.2, -0.15) is 0 Å². The molecule has 0 unspecified atom stereocenters. The van der Waals surface area contributed by atoms with Crippen molar-refractivity contribution in [3.8, 4) is 0 Å². The number of benzene rings is 1. The molecule has 20 heavy (non-hydrogen) atoms. The molecule has 5 heteroatoms. The summed E-state index contributed by atoms with van der Waals surface area (Å²) < 4.78 is 0. The fourth-order valence-corrected chi connectivity index (χ4v) is 2.30. The summed E-state index contributed by atoms with van der Waals surface area (Å²) in [7, 11) is 0. The van der Waals surface area contributed by atoms with E-state index in [9.17, 15) is 9.59 Å². The lowest BCUT2D eigenvalue weighted by Crippen LogP contribution is -2.38. The van der Waals surface area contributed by atoms with E-state index in [2.05, 4.69) is 5.32 Å². The lowest BCUT2D eigenvalue weighted by Gasteiger charge is -2.19. The molecule has 0 aliphatic heterocycles. The summed E-state index contributed by atoms with van der Waals surface area (Å²) in [4.78, 5) is 23.7. The second-order valence-corrected chi connectivity index (χ2v) is 6.40. The molecule has 0 saturated carbocycles. The number of aliphatic carboxylic acids is 1. The first-order chi connectivity index (χ1) is 9.42. The van der Waals surface area contributed by atoms with Crippen LogP contribution in [0.4, 0.5) is 0 Å². The fourth-order valence-electron chi connectivity index (χ4n) is 1.42. The maximum atomic E-state index is 11.6. The minimum absolute atomic E-state index is 0.0898. The molecule has 0 aliphatic carbocycles. The van der Waals surface area contributed by atoms with Gasteiger partial charge in [-0.05, 0) is 38.2 Å². The molecule has 1 amide bonds. The van der Waals surface area contributed by atoms with Gasteiger partial charge in [-0.1, -0.05) is 18.2 Å². The zero-order chi connectivity index (χ0) is 15.0. The Hall–Kier alpha value is -1.49. The van der Waals surface area contributed by atoms with Crippen molar-refractivity contribution in [2.45, 2.75) is 31.6 Å². The molecule has 2 N–H and O–H groups in total. The molecule has 0 spiro atoms. The summed E-state index contributed by atoms with van der Waals surface area (Å²) in [5.41, 5.74) is -0.922. The highest BCUT2D eigenvalue weighted by atomic mass is 32.2. The Balaban J connectivity index is 2.16. The molecule has 0 atom stereocenters. The molecule has 0 aliphatic rings. The van der Waals surface area contributed by atoms with Gasteiger partial charge in [0, 0.05) is 17.9 Å². The molecular formula is C15H21NO3S. The number of carboxylic acid groups (broad SMARTS) is 1. The van der Waals surface area contributed by atoms with Gasteiger partial charge in [0.1, 0.15) is 0 Å². The van der Waals surface area contributed by atoms with E-state index in [1.807, 2.05) is 30.3 Å². The highest BCUT2D eigenvalue weighted by molar-refractivity contribution is 7.99. The van der Waals surface area contributed by atoms with E-state index in [0.29, 0.717) is 6.42 Å². The SMILES string of the molecule is CC(C)(CNC(=O)CCCSc1ccccc1)C(=O)O. The summed E-state index contributed by atoms with van der Waals surface area (Å²) >= 11 is 1.72. The zero-order valence-corrected chi connectivity index (χ0v) is 12.7. The molecule has 0 bridgehead atoms. The lowest BCUT2D eigenvalue weighted by molar-refractivity contribution is -0.146. The van der Waals surface area contributed by atoms with Crippen molar-refractivity contribution >= 4 is 23.6 Å². The zero-order valence-electron chi connectivity index (χ0n) is 11.9. The van der Waals surface area contributed by atoms with Crippen LogP contribution in [0.15, 0.2) is 35.2 Å². The molecule has 0 aromatic heterocycles. The van der Waals surface area contributed by atoms with Gasteiger partial charge < -0.3 is 10.4 Å². The van der Waals surface area contributed by atoms with E-state index in [-0.39, 0.29) is 12.5 Å². The first-order valence-electron chi connectivity index (χ1n) is 6.60. The van der Waals surface area contributed by atoms with E-state index in [1.165, 1.54) is 4.90 Å². The van der Waals surface area contributed by atoms with Gasteiger partial charge in [0.05, 0.1) is 5.41 Å². The van der Waals surface area contributed by atoms with E-state index >= 15 is 0 Å². The minimum atomic E-state index is -0.922. The predicted octanol–water partition coefficient (Wildman–Crippen LogP) is 2.79. The van der Waals surface area contributed by atoms with Crippen LogP contribution in [0.2, 0.25) is 0 Å². The largest absolute Gasteiger partial charge is 0.481 e. The van der Waals surface area contributed by atoms with Gasteiger partial charge >= 0.3 is 5.97 Å². The number of carbonyl (C=O) groups excluding carboxylic acids is 1. The fraction of sp³-hybridized carbons (Fsp3) is 0.467. The second-order valence-electron chi connectivity index (χ2n) is 5.23. The van der Waals surface area contributed by atoms with Crippen LogP contribution in [0.25, 0.3) is 0 Å². The van der Waals surface area contributed by atoms with Crippen LogP contribution < -0.4 is 5.32 Å². The van der Waals surface area contributed by atoms with E-state index in [1.54, 1.807) is 25.6 Å². The first kappa shape index (κ1) is 16.6. The molecule has 0 heterocycles. The average Bonchev–Trinajstić information content (AvgIpc) is 2.42. The number of hydrogen-bond acceptors (Lipinski definition) is 3. The maximum absolute atomic E-state index is 11.6. The third kappa shape index (κ3) is 6.10. The van der Waals surface area contributed by atoms with Crippen LogP contribution in [-0.2, 0) is 9.59 Å². The predicted molar refractivity (Wildman–Crippen MR) is 80.8 cm³/mol. The molecule has 1 aromatic carbocycles. The topological polar surface area (TPSA) is 66.4 Å². The number of rotatable bonds is 8. The number of thioether (sulfide) groups is 1. The highest BCUT2D eigenvalue weighted by Gasteiger charge is 2.27. The average molecular weight is 295 g/mol. The lowest BCUT2D eigenvalue weighted by atomic mass is 9.94. The van der Waals surface area contributed by atoms with Gasteiger partial charge in [-0.3, -0.25) is 9.59 Å². The summed E-state index contributed by atoms with van der Waals surface area (Å²) in [5, 5.41) is 11.6. The van der Waals surface area contributed by atoms with Crippen molar-refractivity contribution in [3.63, 3.8) is 0 Å². The highest BCUT2D eigenvalue weighted by Crippen LogP contribution is 2.18. The molecule has 0 fully saturated rings. The molecule has 1 rings (SSSR count). The number of amides is 1. The van der Waals surface area contributed by atoms with E-state index in [4.69, 9.17) is 5.11 Å². The van der Waals surface area contributed by atoms with E-state index in [0.717, 1.165) is 12.2 Å². The third-order valence-electron chi connectivity index (χ3n) is 2.87. The molecule has 0 radical (unpaired) electrons. The monoisotopic (exact) mass is 295 g/mol. The van der Waals surface area contributed by atoms with Crippen molar-refractivity contribution in [1.82, 2.24) is 5.32 Å². The minimum Gasteiger partial charge on any atom is -0.481 e. The molecule has 110 valence electrons. The van der Waals surface area contributed by atoms with Crippen LogP contribution in [0, 0.1) is 5.41 Å². The van der Waals surface area contributed by atoms with Gasteiger partial charge in [-0.25, -0.2) is 0 Å². The molecule has 1 aromatic rings. The Bertz CT molecular complexity index is 446. The van der Waals surface area contributed by atoms with Gasteiger partial charge in [-0.15, -0.1) is 11.8 Å². The van der Waals surface area contributed by atoms with Gasteiger partial charge in [0.25, 0.3) is 0 Å². The van der Waals surface area contributed by atoms with Crippen molar-refractivity contribution in [3.05, 3.63) is 30.3 Å². The molecule has 0 saturated heterocycles.